The SMILES string of the molecule is CCNc1nccc(-c2ccc3noc(-c4ccccc4)c3c2)n1. The fraction of sp³-hybridized carbons (Fsp3) is 0.105. The Bertz CT molecular complexity index is 979. The first-order valence-electron chi connectivity index (χ1n) is 7.87. The van der Waals surface area contributed by atoms with Crippen LogP contribution in [0.3, 0.4) is 0 Å². The molecule has 4 rings (SSSR count). The molecule has 0 aliphatic rings. The summed E-state index contributed by atoms with van der Waals surface area (Å²) in [5, 5.41) is 8.27. The molecule has 1 N–H and O–H groups in total. The van der Waals surface area contributed by atoms with Crippen LogP contribution in [0.4, 0.5) is 5.95 Å². The van der Waals surface area contributed by atoms with Crippen molar-refractivity contribution in [3.05, 3.63) is 60.8 Å². The summed E-state index contributed by atoms with van der Waals surface area (Å²) >= 11 is 0. The van der Waals surface area contributed by atoms with Gasteiger partial charge in [-0.05, 0) is 25.1 Å². The van der Waals surface area contributed by atoms with Crippen molar-refractivity contribution in [1.82, 2.24) is 15.1 Å². The third-order valence-electron chi connectivity index (χ3n) is 3.80. The Morgan fingerprint density at radius 3 is 2.71 bits per heavy atom. The second kappa shape index (κ2) is 6.12. The van der Waals surface area contributed by atoms with Gasteiger partial charge in [-0.3, -0.25) is 0 Å². The number of anilines is 1. The maximum atomic E-state index is 5.56. The molecule has 0 fully saturated rings. The van der Waals surface area contributed by atoms with Gasteiger partial charge in [-0.1, -0.05) is 41.6 Å². The van der Waals surface area contributed by atoms with E-state index in [4.69, 9.17) is 4.52 Å². The van der Waals surface area contributed by atoms with E-state index < -0.39 is 0 Å². The second-order valence-corrected chi connectivity index (χ2v) is 5.41. The monoisotopic (exact) mass is 316 g/mol. The van der Waals surface area contributed by atoms with Crippen LogP contribution < -0.4 is 5.32 Å². The molecule has 2 heterocycles. The lowest BCUT2D eigenvalue weighted by atomic mass is 10.0. The number of hydrogen-bond acceptors (Lipinski definition) is 5. The molecule has 5 nitrogen and oxygen atoms in total. The van der Waals surface area contributed by atoms with E-state index in [0.29, 0.717) is 5.95 Å². The van der Waals surface area contributed by atoms with Gasteiger partial charge in [-0.2, -0.15) is 0 Å². The minimum Gasteiger partial charge on any atom is -0.355 e. The van der Waals surface area contributed by atoms with Gasteiger partial charge < -0.3 is 9.84 Å². The second-order valence-electron chi connectivity index (χ2n) is 5.41. The summed E-state index contributed by atoms with van der Waals surface area (Å²) in [6, 6.07) is 17.9. The number of benzene rings is 2. The molecule has 5 heteroatoms. The Balaban J connectivity index is 1.82. The molecule has 118 valence electrons. The van der Waals surface area contributed by atoms with Crippen LogP contribution in [0.15, 0.2) is 65.3 Å². The standard InChI is InChI=1S/C19H16N4O/c1-2-20-19-21-11-10-16(22-19)14-8-9-17-15(12-14)18(24-23-17)13-6-4-3-5-7-13/h3-12H,2H2,1H3,(H,20,21,22). The van der Waals surface area contributed by atoms with E-state index in [1.54, 1.807) is 6.20 Å². The van der Waals surface area contributed by atoms with Crippen LogP contribution in [0.2, 0.25) is 0 Å². The van der Waals surface area contributed by atoms with Crippen molar-refractivity contribution in [1.29, 1.82) is 0 Å². The molecule has 4 aromatic rings. The van der Waals surface area contributed by atoms with E-state index in [0.717, 1.165) is 40.0 Å². The van der Waals surface area contributed by atoms with E-state index in [1.807, 2.05) is 55.5 Å². The molecule has 0 bridgehead atoms. The lowest BCUT2D eigenvalue weighted by molar-refractivity contribution is 0.441. The molecule has 24 heavy (non-hydrogen) atoms. The molecule has 0 spiro atoms. The zero-order chi connectivity index (χ0) is 16.4. The molecular formula is C19H16N4O. The van der Waals surface area contributed by atoms with Gasteiger partial charge in [0, 0.05) is 23.9 Å². The lowest BCUT2D eigenvalue weighted by Crippen LogP contribution is -2.02. The number of fused-ring (bicyclic) bond motifs is 1. The van der Waals surface area contributed by atoms with Gasteiger partial charge in [0.1, 0.15) is 5.52 Å². The quantitative estimate of drug-likeness (QED) is 0.605. The molecule has 2 aromatic carbocycles. The normalized spacial score (nSPS) is 10.9. The first kappa shape index (κ1) is 14.4. The van der Waals surface area contributed by atoms with Gasteiger partial charge in [-0.15, -0.1) is 0 Å². The highest BCUT2D eigenvalue weighted by molar-refractivity contribution is 5.94. The summed E-state index contributed by atoms with van der Waals surface area (Å²) in [4.78, 5) is 8.77. The van der Waals surface area contributed by atoms with Gasteiger partial charge in [-0.25, -0.2) is 9.97 Å². The van der Waals surface area contributed by atoms with Crippen molar-refractivity contribution in [3.8, 4) is 22.6 Å². The van der Waals surface area contributed by atoms with Crippen molar-refractivity contribution >= 4 is 16.9 Å². The summed E-state index contributed by atoms with van der Waals surface area (Å²) in [7, 11) is 0. The van der Waals surface area contributed by atoms with E-state index in [2.05, 4.69) is 26.5 Å². The molecule has 0 aliphatic carbocycles. The molecule has 0 unspecified atom stereocenters. The third-order valence-corrected chi connectivity index (χ3v) is 3.80. The minimum atomic E-state index is 0.628. The largest absolute Gasteiger partial charge is 0.355 e. The van der Waals surface area contributed by atoms with Crippen molar-refractivity contribution < 1.29 is 4.52 Å². The van der Waals surface area contributed by atoms with Gasteiger partial charge in [0.2, 0.25) is 5.95 Å². The average Bonchev–Trinajstić information content (AvgIpc) is 3.06. The Hall–Kier alpha value is -3.21. The molecule has 0 atom stereocenters. The van der Waals surface area contributed by atoms with Crippen molar-refractivity contribution in [2.75, 3.05) is 11.9 Å². The number of nitrogens with zero attached hydrogens (tertiary/aromatic N) is 3. The van der Waals surface area contributed by atoms with Crippen LogP contribution in [0, 0.1) is 0 Å². The number of rotatable bonds is 4. The van der Waals surface area contributed by atoms with E-state index >= 15 is 0 Å². The van der Waals surface area contributed by atoms with E-state index in [-0.39, 0.29) is 0 Å². The predicted octanol–water partition coefficient (Wildman–Crippen LogP) is 4.38. The van der Waals surface area contributed by atoms with Crippen LogP contribution in [0.5, 0.6) is 0 Å². The van der Waals surface area contributed by atoms with Gasteiger partial charge >= 0.3 is 0 Å². The molecule has 0 aliphatic heterocycles. The van der Waals surface area contributed by atoms with Gasteiger partial charge in [0.25, 0.3) is 0 Å². The summed E-state index contributed by atoms with van der Waals surface area (Å²) < 4.78 is 5.56. The van der Waals surface area contributed by atoms with Crippen LogP contribution in [-0.4, -0.2) is 21.7 Å². The molecule has 2 aromatic heterocycles. The molecule has 0 saturated heterocycles. The fourth-order valence-electron chi connectivity index (χ4n) is 2.66. The summed E-state index contributed by atoms with van der Waals surface area (Å²) in [6.45, 7) is 2.80. The maximum Gasteiger partial charge on any atom is 0.223 e. The Morgan fingerprint density at radius 1 is 1.00 bits per heavy atom. The molecular weight excluding hydrogens is 300 g/mol. The van der Waals surface area contributed by atoms with Crippen molar-refractivity contribution in [2.45, 2.75) is 6.92 Å². The van der Waals surface area contributed by atoms with Crippen LogP contribution in [0.25, 0.3) is 33.5 Å². The summed E-state index contributed by atoms with van der Waals surface area (Å²) in [5.41, 5.74) is 3.71. The number of nitrogens with one attached hydrogen (secondary N) is 1. The smallest absolute Gasteiger partial charge is 0.223 e. The Morgan fingerprint density at radius 2 is 1.88 bits per heavy atom. The number of aromatic nitrogens is 3. The first-order valence-corrected chi connectivity index (χ1v) is 7.87. The lowest BCUT2D eigenvalue weighted by Gasteiger charge is -2.05. The van der Waals surface area contributed by atoms with Crippen molar-refractivity contribution in [2.24, 2.45) is 0 Å². The molecule has 0 saturated carbocycles. The average molecular weight is 316 g/mol. The van der Waals surface area contributed by atoms with Crippen molar-refractivity contribution in [3.63, 3.8) is 0 Å². The predicted molar refractivity (Wildman–Crippen MR) is 94.6 cm³/mol. The van der Waals surface area contributed by atoms with E-state index in [1.165, 1.54) is 0 Å². The summed E-state index contributed by atoms with van der Waals surface area (Å²) in [5.74, 6) is 1.40. The molecule has 0 amide bonds. The van der Waals surface area contributed by atoms with Crippen LogP contribution >= 0.6 is 0 Å². The minimum absolute atomic E-state index is 0.628. The zero-order valence-electron chi connectivity index (χ0n) is 13.2. The highest BCUT2D eigenvalue weighted by atomic mass is 16.5. The third kappa shape index (κ3) is 2.60. The van der Waals surface area contributed by atoms with E-state index in [9.17, 15) is 0 Å². The Labute approximate surface area is 139 Å². The van der Waals surface area contributed by atoms with Crippen LogP contribution in [-0.2, 0) is 0 Å². The van der Waals surface area contributed by atoms with Crippen LogP contribution in [0.1, 0.15) is 6.92 Å². The number of hydrogen-bond donors (Lipinski definition) is 1. The first-order chi connectivity index (χ1) is 11.8. The van der Waals surface area contributed by atoms with Gasteiger partial charge in [0.15, 0.2) is 5.76 Å². The molecule has 0 radical (unpaired) electrons. The fourth-order valence-corrected chi connectivity index (χ4v) is 2.66. The Kier molecular flexibility index (Phi) is 3.67. The van der Waals surface area contributed by atoms with Gasteiger partial charge in [0.05, 0.1) is 11.1 Å². The summed E-state index contributed by atoms with van der Waals surface area (Å²) in [6.07, 6.45) is 1.76. The topological polar surface area (TPSA) is 63.8 Å². The maximum absolute atomic E-state index is 5.56. The zero-order valence-corrected chi connectivity index (χ0v) is 13.2. The highest BCUT2D eigenvalue weighted by Gasteiger charge is 2.12. The highest BCUT2D eigenvalue weighted by Crippen LogP contribution is 2.31.